The van der Waals surface area contributed by atoms with Crippen LogP contribution in [0.5, 0.6) is 0 Å². The molecule has 160 valence electrons. The second-order valence-corrected chi connectivity index (χ2v) is 10.1. The molecule has 7 heteroatoms. The van der Waals surface area contributed by atoms with Gasteiger partial charge in [-0.2, -0.15) is 0 Å². The van der Waals surface area contributed by atoms with Gasteiger partial charge < -0.3 is 10.6 Å². The molecule has 0 bridgehead atoms. The van der Waals surface area contributed by atoms with Crippen molar-refractivity contribution in [2.45, 2.75) is 70.2 Å². The maximum Gasteiger partial charge on any atom is 0.191 e. The van der Waals surface area contributed by atoms with E-state index in [1.807, 2.05) is 24.3 Å². The monoisotopic (exact) mass is 521 g/mol. The Hall–Kier alpha value is -0.830. The van der Waals surface area contributed by atoms with Crippen molar-refractivity contribution in [1.29, 1.82) is 0 Å². The summed E-state index contributed by atoms with van der Waals surface area (Å²) in [6.07, 6.45) is 10.7. The Morgan fingerprint density at radius 3 is 2.32 bits per heavy atom. The Morgan fingerprint density at radius 2 is 1.75 bits per heavy atom. The zero-order chi connectivity index (χ0) is 19.7. The minimum atomic E-state index is -2.99. The van der Waals surface area contributed by atoms with Crippen LogP contribution in [-0.2, 0) is 22.1 Å². The molecule has 1 saturated carbocycles. The Labute approximate surface area is 188 Å². The number of guanidine groups is 1. The van der Waals surface area contributed by atoms with E-state index < -0.39 is 9.84 Å². The number of hydrogen-bond donors (Lipinski definition) is 2. The van der Waals surface area contributed by atoms with E-state index in [4.69, 9.17) is 0 Å². The Morgan fingerprint density at radius 1 is 1.14 bits per heavy atom. The molecule has 1 unspecified atom stereocenters. The standard InChI is InChI=1S/C21H35N3O2S.HI/c1-17(9-10-18-7-5-4-6-8-18)24-21(22-2)23-15-19-11-13-20(14-12-19)16-27(3,25)26;/h11-14,17-18H,4-10,15-16H2,1-3H3,(H2,22,23,24);1H. The van der Waals surface area contributed by atoms with E-state index in [0.717, 1.165) is 23.0 Å². The predicted octanol–water partition coefficient (Wildman–Crippen LogP) is 4.26. The van der Waals surface area contributed by atoms with E-state index >= 15 is 0 Å². The zero-order valence-electron chi connectivity index (χ0n) is 17.4. The number of nitrogens with one attached hydrogen (secondary N) is 2. The summed E-state index contributed by atoms with van der Waals surface area (Å²) in [5.41, 5.74) is 1.92. The van der Waals surface area contributed by atoms with Crippen molar-refractivity contribution in [3.05, 3.63) is 35.4 Å². The van der Waals surface area contributed by atoms with Gasteiger partial charge in [-0.05, 0) is 36.8 Å². The molecule has 5 nitrogen and oxygen atoms in total. The number of hydrogen-bond acceptors (Lipinski definition) is 3. The van der Waals surface area contributed by atoms with E-state index in [9.17, 15) is 8.42 Å². The zero-order valence-corrected chi connectivity index (χ0v) is 20.6. The summed E-state index contributed by atoms with van der Waals surface area (Å²) in [5.74, 6) is 1.80. The van der Waals surface area contributed by atoms with Gasteiger partial charge in [0.25, 0.3) is 0 Å². The minimum Gasteiger partial charge on any atom is -0.354 e. The van der Waals surface area contributed by atoms with Gasteiger partial charge in [-0.15, -0.1) is 24.0 Å². The third-order valence-electron chi connectivity index (χ3n) is 5.25. The van der Waals surface area contributed by atoms with Crippen LogP contribution in [0.15, 0.2) is 29.3 Å². The molecule has 1 fully saturated rings. The first-order valence-corrected chi connectivity index (χ1v) is 12.1. The fourth-order valence-corrected chi connectivity index (χ4v) is 4.50. The first kappa shape index (κ1) is 25.2. The second-order valence-electron chi connectivity index (χ2n) is 7.94. The van der Waals surface area contributed by atoms with Gasteiger partial charge in [-0.3, -0.25) is 4.99 Å². The lowest BCUT2D eigenvalue weighted by Gasteiger charge is -2.24. The van der Waals surface area contributed by atoms with Crippen LogP contribution in [0.2, 0.25) is 0 Å². The molecule has 1 aliphatic carbocycles. The predicted molar refractivity (Wildman–Crippen MR) is 129 cm³/mol. The summed E-state index contributed by atoms with van der Waals surface area (Å²) in [6.45, 7) is 2.88. The van der Waals surface area contributed by atoms with Crippen LogP contribution in [0.4, 0.5) is 0 Å². The smallest absolute Gasteiger partial charge is 0.191 e. The molecule has 0 spiro atoms. The van der Waals surface area contributed by atoms with Gasteiger partial charge in [0, 0.05) is 25.9 Å². The number of benzene rings is 1. The van der Waals surface area contributed by atoms with E-state index in [1.54, 1.807) is 7.05 Å². The Kier molecular flexibility index (Phi) is 11.4. The maximum absolute atomic E-state index is 11.4. The lowest BCUT2D eigenvalue weighted by atomic mass is 9.85. The van der Waals surface area contributed by atoms with Crippen molar-refractivity contribution >= 4 is 39.8 Å². The van der Waals surface area contributed by atoms with Crippen LogP contribution < -0.4 is 10.6 Å². The van der Waals surface area contributed by atoms with Crippen LogP contribution >= 0.6 is 24.0 Å². The summed E-state index contributed by atoms with van der Waals surface area (Å²) in [5, 5.41) is 6.82. The first-order valence-electron chi connectivity index (χ1n) is 10.1. The molecule has 1 aromatic rings. The number of sulfone groups is 1. The van der Waals surface area contributed by atoms with Crippen molar-refractivity contribution in [1.82, 2.24) is 10.6 Å². The third kappa shape index (κ3) is 10.1. The molecule has 1 aromatic carbocycles. The highest BCUT2D eigenvalue weighted by Crippen LogP contribution is 2.27. The Balaban J connectivity index is 0.00000392. The molecule has 0 heterocycles. The van der Waals surface area contributed by atoms with Gasteiger partial charge in [0.15, 0.2) is 15.8 Å². The topological polar surface area (TPSA) is 70.6 Å². The van der Waals surface area contributed by atoms with Gasteiger partial charge in [0.05, 0.1) is 5.75 Å². The molecule has 0 radical (unpaired) electrons. The van der Waals surface area contributed by atoms with Crippen LogP contribution in [0.25, 0.3) is 0 Å². The molecular weight excluding hydrogens is 485 g/mol. The molecule has 0 amide bonds. The molecule has 2 N–H and O–H groups in total. The lowest BCUT2D eigenvalue weighted by molar-refractivity contribution is 0.322. The average molecular weight is 522 g/mol. The average Bonchev–Trinajstić information content (AvgIpc) is 2.64. The molecule has 1 aliphatic rings. The highest BCUT2D eigenvalue weighted by molar-refractivity contribution is 14.0. The molecular formula is C21H36IN3O2S. The lowest BCUT2D eigenvalue weighted by Crippen LogP contribution is -2.42. The summed E-state index contributed by atoms with van der Waals surface area (Å²) in [4.78, 5) is 4.32. The van der Waals surface area contributed by atoms with E-state index in [0.29, 0.717) is 12.6 Å². The van der Waals surface area contributed by atoms with Gasteiger partial charge in [0.1, 0.15) is 0 Å². The number of nitrogens with zero attached hydrogens (tertiary/aromatic N) is 1. The van der Waals surface area contributed by atoms with Crippen LogP contribution in [0.1, 0.15) is 63.0 Å². The fourth-order valence-electron chi connectivity index (χ4n) is 3.70. The largest absolute Gasteiger partial charge is 0.354 e. The maximum atomic E-state index is 11.4. The molecule has 2 rings (SSSR count). The van der Waals surface area contributed by atoms with Gasteiger partial charge in [-0.1, -0.05) is 56.4 Å². The molecule has 28 heavy (non-hydrogen) atoms. The SMILES string of the molecule is CN=C(NCc1ccc(CS(C)(=O)=O)cc1)NC(C)CCC1CCCCC1.I. The number of aliphatic imine (C=N–C) groups is 1. The quantitative estimate of drug-likeness (QED) is 0.305. The van der Waals surface area contributed by atoms with E-state index in [-0.39, 0.29) is 29.7 Å². The molecule has 0 saturated heterocycles. The Bertz CT molecular complexity index is 699. The number of halogens is 1. The highest BCUT2D eigenvalue weighted by atomic mass is 127. The minimum absolute atomic E-state index is 0. The molecule has 0 aliphatic heterocycles. The van der Waals surface area contributed by atoms with Crippen molar-refractivity contribution in [3.63, 3.8) is 0 Å². The third-order valence-corrected chi connectivity index (χ3v) is 6.11. The summed E-state index contributed by atoms with van der Waals surface area (Å²) >= 11 is 0. The first-order chi connectivity index (χ1) is 12.9. The number of rotatable bonds is 8. The van der Waals surface area contributed by atoms with E-state index in [1.165, 1.54) is 51.2 Å². The molecule has 1 atom stereocenters. The summed E-state index contributed by atoms with van der Waals surface area (Å²) in [6, 6.07) is 8.08. The van der Waals surface area contributed by atoms with Crippen molar-refractivity contribution in [2.75, 3.05) is 13.3 Å². The normalized spacial score (nSPS) is 16.9. The second kappa shape index (κ2) is 12.7. The van der Waals surface area contributed by atoms with Gasteiger partial charge in [0.2, 0.25) is 0 Å². The van der Waals surface area contributed by atoms with Crippen LogP contribution in [0, 0.1) is 5.92 Å². The highest BCUT2D eigenvalue weighted by Gasteiger charge is 2.15. The van der Waals surface area contributed by atoms with Crippen molar-refractivity contribution in [3.8, 4) is 0 Å². The van der Waals surface area contributed by atoms with Crippen LogP contribution in [-0.4, -0.2) is 33.7 Å². The van der Waals surface area contributed by atoms with Gasteiger partial charge in [-0.25, -0.2) is 8.42 Å². The molecule has 0 aromatic heterocycles. The van der Waals surface area contributed by atoms with Crippen LogP contribution in [0.3, 0.4) is 0 Å². The van der Waals surface area contributed by atoms with Crippen molar-refractivity contribution < 1.29 is 8.42 Å². The summed E-state index contributed by atoms with van der Waals surface area (Å²) < 4.78 is 22.7. The van der Waals surface area contributed by atoms with Crippen molar-refractivity contribution in [2.24, 2.45) is 10.9 Å². The van der Waals surface area contributed by atoms with Gasteiger partial charge >= 0.3 is 0 Å². The van der Waals surface area contributed by atoms with E-state index in [2.05, 4.69) is 22.5 Å². The summed E-state index contributed by atoms with van der Waals surface area (Å²) in [7, 11) is -1.20. The fraction of sp³-hybridized carbons (Fsp3) is 0.667.